The monoisotopic (exact) mass is 483 g/mol. The zero-order valence-corrected chi connectivity index (χ0v) is 21.4. The third-order valence-corrected chi connectivity index (χ3v) is 6.54. The molecule has 2 aliphatic rings. The number of benzene rings is 1. The molecular weight excluding hydrogens is 446 g/mol. The number of nitrogens with one attached hydrogen (secondary N) is 1. The number of carbonyl (C=O) groups is 4. The Morgan fingerprint density at radius 2 is 1.66 bits per heavy atom. The number of likely N-dealkylation sites (tertiary alicyclic amines) is 1. The highest BCUT2D eigenvalue weighted by Gasteiger charge is 2.47. The van der Waals surface area contributed by atoms with Crippen LogP contribution in [0.4, 0.5) is 0 Å². The first-order valence-electron chi connectivity index (χ1n) is 12.3. The number of fused-ring (bicyclic) bond motifs is 1. The van der Waals surface area contributed by atoms with Gasteiger partial charge in [0.05, 0.1) is 18.9 Å². The largest absolute Gasteiger partial charge is 0.497 e. The quantitative estimate of drug-likeness (QED) is 0.430. The van der Waals surface area contributed by atoms with Gasteiger partial charge in [-0.15, -0.1) is 0 Å². The van der Waals surface area contributed by atoms with Crippen molar-refractivity contribution in [2.75, 3.05) is 13.7 Å². The zero-order chi connectivity index (χ0) is 25.8. The molecule has 1 saturated heterocycles. The lowest BCUT2D eigenvalue weighted by Crippen LogP contribution is -2.53. The van der Waals surface area contributed by atoms with E-state index in [2.05, 4.69) is 5.32 Å². The van der Waals surface area contributed by atoms with Crippen LogP contribution in [0, 0.1) is 11.8 Å². The second kappa shape index (κ2) is 11.1. The van der Waals surface area contributed by atoms with Crippen molar-refractivity contribution in [2.45, 2.75) is 71.5 Å². The van der Waals surface area contributed by atoms with Gasteiger partial charge in [0.1, 0.15) is 11.8 Å². The Morgan fingerprint density at radius 3 is 2.14 bits per heavy atom. The number of hydrogen-bond acceptors (Lipinski definition) is 5. The molecule has 0 bridgehead atoms. The summed E-state index contributed by atoms with van der Waals surface area (Å²) in [5, 5.41) is 2.98. The molecule has 3 rings (SSSR count). The maximum Gasteiger partial charge on any atom is 0.243 e. The van der Waals surface area contributed by atoms with Crippen molar-refractivity contribution in [3.05, 3.63) is 42.0 Å². The Kier molecular flexibility index (Phi) is 8.35. The third-order valence-electron chi connectivity index (χ3n) is 6.54. The van der Waals surface area contributed by atoms with E-state index in [4.69, 9.17) is 4.74 Å². The standard InChI is InChI=1S/C27H37N3O5/c1-6-22(24(32)28-27(2,3)4)30(17-18-11-13-19(35-5)14-12-18)23(31)15-16-29-25(33)20-9-7-8-10-21(20)26(29)34/h7-8,11-14,20-22H,6,9-10,15-17H2,1-5H3,(H,28,32)/t20-,21+,22?. The number of nitrogens with zero attached hydrogens (tertiary/aromatic N) is 2. The van der Waals surface area contributed by atoms with Crippen molar-refractivity contribution in [1.82, 2.24) is 15.1 Å². The Bertz CT molecular complexity index is 954. The van der Waals surface area contributed by atoms with Crippen LogP contribution in [0.5, 0.6) is 5.75 Å². The van der Waals surface area contributed by atoms with E-state index in [-0.39, 0.29) is 55.0 Å². The average Bonchev–Trinajstić information content (AvgIpc) is 3.06. The first-order valence-corrected chi connectivity index (χ1v) is 12.3. The van der Waals surface area contributed by atoms with Crippen LogP contribution in [0.3, 0.4) is 0 Å². The van der Waals surface area contributed by atoms with Gasteiger partial charge in [-0.1, -0.05) is 31.2 Å². The van der Waals surface area contributed by atoms with Gasteiger partial charge < -0.3 is 15.0 Å². The van der Waals surface area contributed by atoms with Crippen molar-refractivity contribution in [1.29, 1.82) is 0 Å². The van der Waals surface area contributed by atoms with E-state index < -0.39 is 11.6 Å². The Hall–Kier alpha value is -3.16. The van der Waals surface area contributed by atoms with Crippen molar-refractivity contribution >= 4 is 23.6 Å². The molecule has 0 saturated carbocycles. The van der Waals surface area contributed by atoms with Crippen LogP contribution in [0.15, 0.2) is 36.4 Å². The maximum absolute atomic E-state index is 13.5. The van der Waals surface area contributed by atoms with Crippen molar-refractivity contribution in [3.63, 3.8) is 0 Å². The molecule has 0 aromatic heterocycles. The summed E-state index contributed by atoms with van der Waals surface area (Å²) >= 11 is 0. The number of methoxy groups -OCH3 is 1. The van der Waals surface area contributed by atoms with Crippen molar-refractivity contribution < 1.29 is 23.9 Å². The Balaban J connectivity index is 1.77. The third kappa shape index (κ3) is 6.29. The van der Waals surface area contributed by atoms with Gasteiger partial charge >= 0.3 is 0 Å². The average molecular weight is 484 g/mol. The molecule has 1 fully saturated rings. The fourth-order valence-corrected chi connectivity index (χ4v) is 4.74. The minimum atomic E-state index is -0.680. The SMILES string of the molecule is CCC(C(=O)NC(C)(C)C)N(Cc1ccc(OC)cc1)C(=O)CCN1C(=O)[C@H]2CC=CC[C@H]2C1=O. The molecule has 1 aliphatic carbocycles. The minimum absolute atomic E-state index is 0.0277. The zero-order valence-electron chi connectivity index (χ0n) is 21.4. The minimum Gasteiger partial charge on any atom is -0.497 e. The van der Waals surface area contributed by atoms with Crippen LogP contribution in [0.2, 0.25) is 0 Å². The molecular formula is C27H37N3O5. The van der Waals surface area contributed by atoms with E-state index in [0.29, 0.717) is 25.0 Å². The van der Waals surface area contributed by atoms with Crippen LogP contribution >= 0.6 is 0 Å². The summed E-state index contributed by atoms with van der Waals surface area (Å²) in [6.07, 6.45) is 5.41. The van der Waals surface area contributed by atoms with Crippen molar-refractivity contribution in [2.24, 2.45) is 11.8 Å². The first kappa shape index (κ1) is 26.4. The van der Waals surface area contributed by atoms with E-state index >= 15 is 0 Å². The number of carbonyl (C=O) groups excluding carboxylic acids is 4. The molecule has 0 radical (unpaired) electrons. The number of ether oxygens (including phenoxy) is 1. The highest BCUT2D eigenvalue weighted by Crippen LogP contribution is 2.35. The Labute approximate surface area is 207 Å². The van der Waals surface area contributed by atoms with E-state index in [1.54, 1.807) is 12.0 Å². The van der Waals surface area contributed by atoms with Crippen LogP contribution in [-0.2, 0) is 25.7 Å². The van der Waals surface area contributed by atoms with Crippen molar-refractivity contribution in [3.8, 4) is 5.75 Å². The van der Waals surface area contributed by atoms with Gasteiger partial charge in [0.2, 0.25) is 23.6 Å². The maximum atomic E-state index is 13.5. The number of allylic oxidation sites excluding steroid dienone is 2. The molecule has 1 N–H and O–H groups in total. The second-order valence-corrected chi connectivity index (χ2v) is 10.3. The molecule has 0 spiro atoms. The number of imide groups is 1. The lowest BCUT2D eigenvalue weighted by Gasteiger charge is -2.33. The number of rotatable bonds is 9. The highest BCUT2D eigenvalue weighted by atomic mass is 16.5. The fourth-order valence-electron chi connectivity index (χ4n) is 4.74. The summed E-state index contributed by atoms with van der Waals surface area (Å²) in [7, 11) is 1.59. The summed E-state index contributed by atoms with van der Waals surface area (Å²) < 4.78 is 5.22. The lowest BCUT2D eigenvalue weighted by atomic mass is 9.85. The van der Waals surface area contributed by atoms with Gasteiger partial charge in [-0.05, 0) is 57.7 Å². The molecule has 1 aliphatic heterocycles. The van der Waals surface area contributed by atoms with Crippen LogP contribution < -0.4 is 10.1 Å². The smallest absolute Gasteiger partial charge is 0.243 e. The summed E-state index contributed by atoms with van der Waals surface area (Å²) in [5.41, 5.74) is 0.407. The Morgan fingerprint density at radius 1 is 1.09 bits per heavy atom. The van der Waals surface area contributed by atoms with Gasteiger partial charge in [0, 0.05) is 25.0 Å². The lowest BCUT2D eigenvalue weighted by molar-refractivity contribution is -0.144. The molecule has 1 aromatic rings. The molecule has 1 unspecified atom stereocenters. The van der Waals surface area contributed by atoms with Gasteiger partial charge in [-0.3, -0.25) is 24.1 Å². The summed E-state index contributed by atoms with van der Waals surface area (Å²) in [6, 6.07) is 6.66. The van der Waals surface area contributed by atoms with Crippen LogP contribution in [0.25, 0.3) is 0 Å². The first-order chi connectivity index (χ1) is 16.6. The molecule has 8 nitrogen and oxygen atoms in total. The van der Waals surface area contributed by atoms with Crippen LogP contribution in [-0.4, -0.2) is 58.7 Å². The van der Waals surface area contributed by atoms with E-state index in [1.807, 2.05) is 64.1 Å². The molecule has 1 heterocycles. The summed E-state index contributed by atoms with van der Waals surface area (Å²) in [4.78, 5) is 55.0. The van der Waals surface area contributed by atoms with E-state index in [1.165, 1.54) is 4.90 Å². The van der Waals surface area contributed by atoms with Gasteiger partial charge in [-0.25, -0.2) is 0 Å². The molecule has 190 valence electrons. The molecule has 8 heteroatoms. The fraction of sp³-hybridized carbons (Fsp3) is 0.556. The topological polar surface area (TPSA) is 96.0 Å². The molecule has 3 atom stereocenters. The van der Waals surface area contributed by atoms with E-state index in [0.717, 1.165) is 5.56 Å². The van der Waals surface area contributed by atoms with Gasteiger partial charge in [0.25, 0.3) is 0 Å². The predicted molar refractivity (Wildman–Crippen MR) is 132 cm³/mol. The predicted octanol–water partition coefficient (Wildman–Crippen LogP) is 3.06. The molecule has 35 heavy (non-hydrogen) atoms. The normalized spacial score (nSPS) is 20.4. The summed E-state index contributed by atoms with van der Waals surface area (Å²) in [5.74, 6) is -0.838. The van der Waals surface area contributed by atoms with Gasteiger partial charge in [0.15, 0.2) is 0 Å². The van der Waals surface area contributed by atoms with Crippen LogP contribution in [0.1, 0.15) is 58.9 Å². The molecule has 4 amide bonds. The summed E-state index contributed by atoms with van der Waals surface area (Å²) in [6.45, 7) is 7.81. The second-order valence-electron chi connectivity index (χ2n) is 10.3. The van der Waals surface area contributed by atoms with E-state index in [9.17, 15) is 19.2 Å². The number of amides is 4. The molecule has 1 aromatic carbocycles. The van der Waals surface area contributed by atoms with Gasteiger partial charge in [-0.2, -0.15) is 0 Å². The highest BCUT2D eigenvalue weighted by molar-refractivity contribution is 6.05. The number of hydrogen-bond donors (Lipinski definition) is 1.